The summed E-state index contributed by atoms with van der Waals surface area (Å²) in [5.74, 6) is 0.972. The van der Waals surface area contributed by atoms with Crippen molar-refractivity contribution in [2.45, 2.75) is 45.1 Å². The minimum absolute atomic E-state index is 0.195. The van der Waals surface area contributed by atoms with Crippen LogP contribution in [-0.4, -0.2) is 16.0 Å². The second kappa shape index (κ2) is 7.20. The van der Waals surface area contributed by atoms with E-state index in [0.717, 1.165) is 24.0 Å². The van der Waals surface area contributed by atoms with E-state index in [1.165, 1.54) is 32.1 Å². The zero-order valence-electron chi connectivity index (χ0n) is 12.6. The molecule has 5 nitrogen and oxygen atoms in total. The van der Waals surface area contributed by atoms with E-state index >= 15 is 0 Å². The minimum atomic E-state index is 0.195. The molecule has 1 heterocycles. The molecule has 0 spiro atoms. The van der Waals surface area contributed by atoms with Gasteiger partial charge >= 0.3 is 0 Å². The van der Waals surface area contributed by atoms with Crippen molar-refractivity contribution < 1.29 is 9.32 Å². The maximum Gasteiger partial charge on any atom is 0.223 e. The van der Waals surface area contributed by atoms with Crippen LogP contribution >= 0.6 is 0 Å². The molecule has 3 rings (SSSR count). The zero-order valence-corrected chi connectivity index (χ0v) is 12.6. The highest BCUT2D eigenvalue weighted by Gasteiger charge is 2.19. The fraction of sp³-hybridized carbons (Fsp3) is 0.471. The third-order valence-electron chi connectivity index (χ3n) is 4.27. The average molecular weight is 299 g/mol. The molecule has 1 aromatic carbocycles. The Kier molecular flexibility index (Phi) is 4.83. The Balaban J connectivity index is 1.53. The Bertz CT molecular complexity index is 585. The predicted octanol–water partition coefficient (Wildman–Crippen LogP) is 3.32. The number of nitrogens with one attached hydrogen (secondary N) is 1. The van der Waals surface area contributed by atoms with Gasteiger partial charge in [0, 0.05) is 18.0 Å². The Morgan fingerprint density at radius 1 is 1.14 bits per heavy atom. The molecule has 0 aliphatic heterocycles. The number of aromatic nitrogens is 2. The fourth-order valence-electron chi connectivity index (χ4n) is 2.94. The van der Waals surface area contributed by atoms with E-state index < -0.39 is 0 Å². The third-order valence-corrected chi connectivity index (χ3v) is 4.27. The third kappa shape index (κ3) is 3.72. The van der Waals surface area contributed by atoms with Crippen molar-refractivity contribution in [2.24, 2.45) is 5.92 Å². The van der Waals surface area contributed by atoms with Gasteiger partial charge in [-0.3, -0.25) is 4.79 Å². The number of nitrogens with zero attached hydrogens (tertiary/aromatic N) is 2. The van der Waals surface area contributed by atoms with Gasteiger partial charge in [-0.05, 0) is 18.4 Å². The summed E-state index contributed by atoms with van der Waals surface area (Å²) in [7, 11) is 0. The van der Waals surface area contributed by atoms with Crippen LogP contribution in [0.3, 0.4) is 0 Å². The Labute approximate surface area is 130 Å². The van der Waals surface area contributed by atoms with Gasteiger partial charge in [0.1, 0.15) is 0 Å². The number of carbonyl (C=O) groups is 1. The fourth-order valence-corrected chi connectivity index (χ4v) is 2.94. The van der Waals surface area contributed by atoms with Gasteiger partial charge in [-0.1, -0.05) is 55.1 Å². The first-order valence-electron chi connectivity index (χ1n) is 7.96. The van der Waals surface area contributed by atoms with Crippen LogP contribution in [0.5, 0.6) is 0 Å². The summed E-state index contributed by atoms with van der Waals surface area (Å²) >= 11 is 0. The van der Waals surface area contributed by atoms with Gasteiger partial charge in [0.05, 0.1) is 0 Å². The molecule has 1 fully saturated rings. The smallest absolute Gasteiger partial charge is 0.223 e. The van der Waals surface area contributed by atoms with Crippen LogP contribution in [0.15, 0.2) is 35.2 Å². The lowest BCUT2D eigenvalue weighted by Gasteiger charge is -2.14. The van der Waals surface area contributed by atoms with Crippen LogP contribution in [0.2, 0.25) is 0 Å². The lowest BCUT2D eigenvalue weighted by Crippen LogP contribution is -2.30. The monoisotopic (exact) mass is 299 g/mol. The van der Waals surface area contributed by atoms with Crippen LogP contribution in [-0.2, 0) is 11.3 Å². The van der Waals surface area contributed by atoms with Gasteiger partial charge in [0.25, 0.3) is 0 Å². The average Bonchev–Trinajstić information content (AvgIpc) is 2.95. The first-order chi connectivity index (χ1) is 10.8. The zero-order chi connectivity index (χ0) is 15.2. The number of carbonyl (C=O) groups excluding carboxylic acids is 1. The number of amides is 1. The topological polar surface area (TPSA) is 68.0 Å². The maximum atomic E-state index is 12.2. The number of hydrogen-bond donors (Lipinski definition) is 1. The molecule has 1 saturated carbocycles. The maximum absolute atomic E-state index is 12.2. The molecule has 1 aromatic heterocycles. The van der Waals surface area contributed by atoms with E-state index in [9.17, 15) is 4.79 Å². The van der Waals surface area contributed by atoms with Gasteiger partial charge in [0.15, 0.2) is 0 Å². The number of hydrogen-bond acceptors (Lipinski definition) is 4. The number of benzene rings is 1. The summed E-state index contributed by atoms with van der Waals surface area (Å²) in [6, 6.07) is 7.86. The summed E-state index contributed by atoms with van der Waals surface area (Å²) in [5.41, 5.74) is 1.99. The van der Waals surface area contributed by atoms with E-state index in [1.807, 2.05) is 24.3 Å². The van der Waals surface area contributed by atoms with E-state index in [4.69, 9.17) is 4.52 Å². The van der Waals surface area contributed by atoms with Gasteiger partial charge in [-0.2, -0.15) is 4.98 Å². The molecule has 1 aliphatic rings. The molecular weight excluding hydrogens is 278 g/mol. The van der Waals surface area contributed by atoms with Crippen molar-refractivity contribution >= 4 is 5.91 Å². The Morgan fingerprint density at radius 2 is 1.86 bits per heavy atom. The second-order valence-corrected chi connectivity index (χ2v) is 5.86. The first kappa shape index (κ1) is 14.8. The lowest BCUT2D eigenvalue weighted by atomic mass is 9.99. The van der Waals surface area contributed by atoms with E-state index in [1.54, 1.807) is 0 Å². The van der Waals surface area contributed by atoms with Crippen LogP contribution < -0.4 is 5.32 Å². The standard InChI is InChI=1S/C17H21N3O2/c21-17(15-5-3-1-2-4-6-15)18-11-13-7-9-14(10-8-13)16-19-12-22-20-16/h7-10,12,15H,1-6,11H2,(H,18,21). The molecule has 1 amide bonds. The Hall–Kier alpha value is -2.17. The molecule has 0 atom stereocenters. The molecule has 116 valence electrons. The largest absolute Gasteiger partial charge is 0.352 e. The molecule has 1 N–H and O–H groups in total. The highest BCUT2D eigenvalue weighted by atomic mass is 16.5. The van der Waals surface area contributed by atoms with Crippen molar-refractivity contribution in [3.8, 4) is 11.4 Å². The van der Waals surface area contributed by atoms with Crippen molar-refractivity contribution in [3.63, 3.8) is 0 Å². The summed E-state index contributed by atoms with van der Waals surface area (Å²) in [6.07, 6.45) is 8.26. The molecule has 5 heteroatoms. The molecule has 0 unspecified atom stereocenters. The molecule has 0 radical (unpaired) electrons. The molecule has 0 saturated heterocycles. The molecular formula is C17H21N3O2. The molecule has 0 bridgehead atoms. The first-order valence-corrected chi connectivity index (χ1v) is 7.96. The summed E-state index contributed by atoms with van der Waals surface area (Å²) < 4.78 is 4.74. The summed E-state index contributed by atoms with van der Waals surface area (Å²) in [5, 5.41) is 6.87. The van der Waals surface area contributed by atoms with Crippen LogP contribution in [0.1, 0.15) is 44.1 Å². The van der Waals surface area contributed by atoms with Crippen LogP contribution in [0.25, 0.3) is 11.4 Å². The van der Waals surface area contributed by atoms with Crippen molar-refractivity contribution in [1.82, 2.24) is 15.5 Å². The SMILES string of the molecule is O=C(NCc1ccc(-c2ncon2)cc1)C1CCCCCC1. The minimum Gasteiger partial charge on any atom is -0.352 e. The van der Waals surface area contributed by atoms with Gasteiger partial charge in [-0.15, -0.1) is 0 Å². The molecule has 22 heavy (non-hydrogen) atoms. The molecule has 1 aliphatic carbocycles. The van der Waals surface area contributed by atoms with E-state index in [2.05, 4.69) is 15.5 Å². The van der Waals surface area contributed by atoms with Crippen molar-refractivity contribution in [2.75, 3.05) is 0 Å². The predicted molar refractivity (Wildman–Crippen MR) is 82.8 cm³/mol. The van der Waals surface area contributed by atoms with Crippen molar-refractivity contribution in [1.29, 1.82) is 0 Å². The molecule has 2 aromatic rings. The highest BCUT2D eigenvalue weighted by Crippen LogP contribution is 2.23. The van der Waals surface area contributed by atoms with Crippen LogP contribution in [0, 0.1) is 5.92 Å². The summed E-state index contributed by atoms with van der Waals surface area (Å²) in [4.78, 5) is 16.2. The van der Waals surface area contributed by atoms with Gasteiger partial charge in [0.2, 0.25) is 18.1 Å². The lowest BCUT2D eigenvalue weighted by molar-refractivity contribution is -0.125. The second-order valence-electron chi connectivity index (χ2n) is 5.86. The van der Waals surface area contributed by atoms with E-state index in [0.29, 0.717) is 12.4 Å². The quantitative estimate of drug-likeness (QED) is 0.879. The van der Waals surface area contributed by atoms with Crippen LogP contribution in [0.4, 0.5) is 0 Å². The van der Waals surface area contributed by atoms with Crippen molar-refractivity contribution in [3.05, 3.63) is 36.2 Å². The highest BCUT2D eigenvalue weighted by molar-refractivity contribution is 5.78. The van der Waals surface area contributed by atoms with E-state index in [-0.39, 0.29) is 11.8 Å². The normalized spacial score (nSPS) is 16.2. The Morgan fingerprint density at radius 3 is 2.50 bits per heavy atom. The van der Waals surface area contributed by atoms with Gasteiger partial charge in [-0.25, -0.2) is 0 Å². The number of rotatable bonds is 4. The van der Waals surface area contributed by atoms with Gasteiger partial charge < -0.3 is 9.84 Å². The summed E-state index contributed by atoms with van der Waals surface area (Å²) in [6.45, 7) is 0.571.